The molecule has 0 saturated carbocycles. The molecule has 1 rings (SSSR count). The Labute approximate surface area is 82.0 Å². The Kier molecular flexibility index (Phi) is 5.40. The van der Waals surface area contributed by atoms with Gasteiger partial charge in [-0.15, -0.1) is 0 Å². The number of rotatable bonds is 6. The van der Waals surface area contributed by atoms with E-state index in [9.17, 15) is 0 Å². The van der Waals surface area contributed by atoms with Gasteiger partial charge in [0.25, 0.3) is 0 Å². The lowest BCUT2D eigenvalue weighted by atomic mass is 10.1. The molecule has 13 heavy (non-hydrogen) atoms. The van der Waals surface area contributed by atoms with E-state index in [-0.39, 0.29) is 0 Å². The summed E-state index contributed by atoms with van der Waals surface area (Å²) in [5.41, 5.74) is 0. The van der Waals surface area contributed by atoms with Gasteiger partial charge in [-0.1, -0.05) is 26.2 Å². The zero-order valence-corrected chi connectivity index (χ0v) is 9.01. The molecule has 0 aromatic carbocycles. The first-order valence-corrected chi connectivity index (χ1v) is 5.69. The van der Waals surface area contributed by atoms with E-state index in [2.05, 4.69) is 19.2 Å². The van der Waals surface area contributed by atoms with Gasteiger partial charge in [0.05, 0.1) is 6.10 Å². The van der Waals surface area contributed by atoms with E-state index in [1.54, 1.807) is 0 Å². The van der Waals surface area contributed by atoms with Crippen LogP contribution < -0.4 is 5.32 Å². The molecule has 0 aliphatic carbocycles. The van der Waals surface area contributed by atoms with E-state index >= 15 is 0 Å². The highest BCUT2D eigenvalue weighted by molar-refractivity contribution is 4.78. The first-order valence-electron chi connectivity index (χ1n) is 5.69. The summed E-state index contributed by atoms with van der Waals surface area (Å²) in [6.07, 6.45) is 6.99. The van der Waals surface area contributed by atoms with Crippen molar-refractivity contribution in [3.05, 3.63) is 0 Å². The Bertz CT molecular complexity index is 127. The van der Waals surface area contributed by atoms with Crippen molar-refractivity contribution in [1.29, 1.82) is 0 Å². The maximum Gasteiger partial charge on any atom is 0.0700 e. The highest BCUT2D eigenvalue weighted by Gasteiger charge is 2.22. The van der Waals surface area contributed by atoms with Crippen molar-refractivity contribution in [2.45, 2.75) is 58.1 Å². The van der Waals surface area contributed by atoms with E-state index in [0.717, 1.165) is 6.61 Å². The summed E-state index contributed by atoms with van der Waals surface area (Å²) in [7, 11) is 0. The fourth-order valence-corrected chi connectivity index (χ4v) is 1.84. The molecular weight excluding hydrogens is 162 g/mol. The van der Waals surface area contributed by atoms with Crippen molar-refractivity contribution in [3.63, 3.8) is 0 Å². The largest absolute Gasteiger partial charge is 0.377 e. The molecule has 0 amide bonds. The SMILES string of the molecule is CCCCCCN[C@@H]1CCO[C@@H]1C. The van der Waals surface area contributed by atoms with E-state index in [1.807, 2.05) is 0 Å². The summed E-state index contributed by atoms with van der Waals surface area (Å²) in [5, 5.41) is 3.57. The molecule has 1 heterocycles. The average Bonchev–Trinajstić information content (AvgIpc) is 2.52. The van der Waals surface area contributed by atoms with E-state index in [1.165, 1.54) is 38.6 Å². The maximum absolute atomic E-state index is 5.48. The standard InChI is InChI=1S/C11H23NO/c1-3-4-5-6-8-12-11-7-9-13-10(11)2/h10-12H,3-9H2,1-2H3/t10-,11-/m1/s1. The average molecular weight is 185 g/mol. The van der Waals surface area contributed by atoms with Crippen LogP contribution in [0.25, 0.3) is 0 Å². The Hall–Kier alpha value is -0.0800. The molecule has 1 aliphatic heterocycles. The molecule has 2 atom stereocenters. The molecule has 1 N–H and O–H groups in total. The van der Waals surface area contributed by atoms with Crippen LogP contribution in [-0.2, 0) is 4.74 Å². The summed E-state index contributed by atoms with van der Waals surface area (Å²) < 4.78 is 5.48. The summed E-state index contributed by atoms with van der Waals surface area (Å²) in [6, 6.07) is 0.613. The molecule has 0 aromatic rings. The van der Waals surface area contributed by atoms with E-state index in [4.69, 9.17) is 4.74 Å². The van der Waals surface area contributed by atoms with Crippen LogP contribution in [0.4, 0.5) is 0 Å². The number of hydrogen-bond acceptors (Lipinski definition) is 2. The monoisotopic (exact) mass is 185 g/mol. The number of unbranched alkanes of at least 4 members (excludes halogenated alkanes) is 3. The first-order chi connectivity index (χ1) is 6.34. The van der Waals surface area contributed by atoms with Crippen LogP contribution in [-0.4, -0.2) is 25.3 Å². The molecule has 1 saturated heterocycles. The predicted molar refractivity (Wildman–Crippen MR) is 56.0 cm³/mol. The van der Waals surface area contributed by atoms with Gasteiger partial charge in [0, 0.05) is 12.6 Å². The second-order valence-electron chi connectivity index (χ2n) is 3.99. The molecule has 2 nitrogen and oxygen atoms in total. The second-order valence-corrected chi connectivity index (χ2v) is 3.99. The van der Waals surface area contributed by atoms with Gasteiger partial charge in [-0.05, 0) is 26.3 Å². The zero-order valence-electron chi connectivity index (χ0n) is 9.01. The van der Waals surface area contributed by atoms with Crippen LogP contribution in [0.1, 0.15) is 46.0 Å². The Morgan fingerprint density at radius 3 is 2.77 bits per heavy atom. The van der Waals surface area contributed by atoms with Crippen LogP contribution in [0.2, 0.25) is 0 Å². The smallest absolute Gasteiger partial charge is 0.0700 e. The summed E-state index contributed by atoms with van der Waals surface area (Å²) >= 11 is 0. The van der Waals surface area contributed by atoms with Crippen molar-refractivity contribution in [2.24, 2.45) is 0 Å². The predicted octanol–water partition coefficient (Wildman–Crippen LogP) is 2.33. The molecule has 0 aromatic heterocycles. The van der Waals surface area contributed by atoms with E-state index < -0.39 is 0 Å². The molecule has 0 radical (unpaired) electrons. The van der Waals surface area contributed by atoms with Gasteiger partial charge in [-0.3, -0.25) is 0 Å². The molecule has 0 unspecified atom stereocenters. The normalized spacial score (nSPS) is 28.2. The van der Waals surface area contributed by atoms with Gasteiger partial charge < -0.3 is 10.1 Å². The minimum Gasteiger partial charge on any atom is -0.377 e. The third-order valence-corrected chi connectivity index (χ3v) is 2.81. The summed E-state index contributed by atoms with van der Waals surface area (Å²) in [5.74, 6) is 0. The minimum atomic E-state index is 0.422. The molecule has 78 valence electrons. The molecule has 1 aliphatic rings. The molecule has 2 heteroatoms. The number of hydrogen-bond donors (Lipinski definition) is 1. The second kappa shape index (κ2) is 6.39. The van der Waals surface area contributed by atoms with E-state index in [0.29, 0.717) is 12.1 Å². The van der Waals surface area contributed by atoms with Crippen LogP contribution in [0.15, 0.2) is 0 Å². The van der Waals surface area contributed by atoms with Gasteiger partial charge in [0.1, 0.15) is 0 Å². The van der Waals surface area contributed by atoms with Gasteiger partial charge in [0.2, 0.25) is 0 Å². The number of ether oxygens (including phenoxy) is 1. The van der Waals surface area contributed by atoms with Crippen LogP contribution in [0.3, 0.4) is 0 Å². The van der Waals surface area contributed by atoms with Crippen molar-refractivity contribution in [1.82, 2.24) is 5.32 Å². The maximum atomic E-state index is 5.48. The Morgan fingerprint density at radius 1 is 1.31 bits per heavy atom. The zero-order chi connectivity index (χ0) is 9.52. The number of nitrogens with one attached hydrogen (secondary N) is 1. The van der Waals surface area contributed by atoms with Crippen LogP contribution in [0, 0.1) is 0 Å². The Balaban J connectivity index is 1.93. The molecule has 1 fully saturated rings. The van der Waals surface area contributed by atoms with Crippen molar-refractivity contribution in [2.75, 3.05) is 13.2 Å². The Morgan fingerprint density at radius 2 is 2.15 bits per heavy atom. The first kappa shape index (κ1) is 11.0. The highest BCUT2D eigenvalue weighted by Crippen LogP contribution is 2.12. The lowest BCUT2D eigenvalue weighted by molar-refractivity contribution is 0.113. The molecular formula is C11H23NO. The van der Waals surface area contributed by atoms with Gasteiger partial charge in [-0.25, -0.2) is 0 Å². The minimum absolute atomic E-state index is 0.422. The molecule has 0 spiro atoms. The van der Waals surface area contributed by atoms with Gasteiger partial charge in [0.15, 0.2) is 0 Å². The van der Waals surface area contributed by atoms with Crippen molar-refractivity contribution >= 4 is 0 Å². The highest BCUT2D eigenvalue weighted by atomic mass is 16.5. The lowest BCUT2D eigenvalue weighted by Gasteiger charge is -2.15. The van der Waals surface area contributed by atoms with Crippen LogP contribution >= 0.6 is 0 Å². The topological polar surface area (TPSA) is 21.3 Å². The van der Waals surface area contributed by atoms with Crippen LogP contribution in [0.5, 0.6) is 0 Å². The van der Waals surface area contributed by atoms with Gasteiger partial charge in [-0.2, -0.15) is 0 Å². The van der Waals surface area contributed by atoms with Crippen molar-refractivity contribution in [3.8, 4) is 0 Å². The van der Waals surface area contributed by atoms with Gasteiger partial charge >= 0.3 is 0 Å². The lowest BCUT2D eigenvalue weighted by Crippen LogP contribution is -2.35. The third kappa shape index (κ3) is 4.10. The quantitative estimate of drug-likeness (QED) is 0.641. The van der Waals surface area contributed by atoms with Crippen molar-refractivity contribution < 1.29 is 4.74 Å². The third-order valence-electron chi connectivity index (χ3n) is 2.81. The fraction of sp³-hybridized carbons (Fsp3) is 1.00. The summed E-state index contributed by atoms with van der Waals surface area (Å²) in [4.78, 5) is 0. The fourth-order valence-electron chi connectivity index (χ4n) is 1.84. The summed E-state index contributed by atoms with van der Waals surface area (Å²) in [6.45, 7) is 6.52. The molecule has 0 bridgehead atoms.